The van der Waals surface area contributed by atoms with Crippen LogP contribution in [0.25, 0.3) is 6.08 Å². The fourth-order valence-corrected chi connectivity index (χ4v) is 3.09. The molecule has 1 heterocycles. The Morgan fingerprint density at radius 1 is 1.21 bits per heavy atom. The lowest BCUT2D eigenvalue weighted by Gasteiger charge is -2.20. The molecule has 0 saturated carbocycles. The van der Waals surface area contributed by atoms with Crippen molar-refractivity contribution in [1.29, 1.82) is 0 Å². The van der Waals surface area contributed by atoms with Crippen LogP contribution in [0.5, 0.6) is 17.2 Å². The number of benzene rings is 2. The van der Waals surface area contributed by atoms with Crippen molar-refractivity contribution < 1.29 is 32.2 Å². The van der Waals surface area contributed by atoms with Gasteiger partial charge in [-0.05, 0) is 12.1 Å². The van der Waals surface area contributed by atoms with E-state index in [2.05, 4.69) is 10.1 Å². The highest BCUT2D eigenvalue weighted by molar-refractivity contribution is 6.40. The van der Waals surface area contributed by atoms with E-state index in [1.54, 1.807) is 24.3 Å². The van der Waals surface area contributed by atoms with Gasteiger partial charge in [-0.3, -0.25) is 4.79 Å². The monoisotopic (exact) mass is 433 g/mol. The summed E-state index contributed by atoms with van der Waals surface area (Å²) in [5, 5.41) is 2.06. The number of hydrogen-bond donors (Lipinski definition) is 1. The Hall–Kier alpha value is -2.58. The fourth-order valence-electron chi connectivity index (χ4n) is 2.53. The van der Waals surface area contributed by atoms with E-state index in [1.807, 2.05) is 0 Å². The molecule has 0 bridgehead atoms. The second-order valence-corrected chi connectivity index (χ2v) is 6.42. The number of rotatable bonds is 4. The van der Waals surface area contributed by atoms with Gasteiger partial charge in [0.05, 0.1) is 28.4 Å². The summed E-state index contributed by atoms with van der Waals surface area (Å²) in [4.78, 5) is 12.5. The van der Waals surface area contributed by atoms with Gasteiger partial charge < -0.3 is 19.5 Å². The van der Waals surface area contributed by atoms with E-state index < -0.39 is 18.0 Å². The highest BCUT2D eigenvalue weighted by atomic mass is 35.5. The van der Waals surface area contributed by atoms with Gasteiger partial charge in [-0.2, -0.15) is 0 Å². The number of ether oxygens (including phenoxy) is 3. The van der Waals surface area contributed by atoms with Crippen LogP contribution in [-0.2, 0) is 4.79 Å². The molecule has 0 aromatic heterocycles. The normalized spacial score (nSPS) is 13.1. The summed E-state index contributed by atoms with van der Waals surface area (Å²) >= 11 is 11.9. The second-order valence-electron chi connectivity index (χ2n) is 5.60. The third-order valence-corrected chi connectivity index (χ3v) is 4.31. The first-order valence-corrected chi connectivity index (χ1v) is 8.50. The molecule has 5 nitrogen and oxygen atoms in total. The van der Waals surface area contributed by atoms with Crippen LogP contribution < -0.4 is 19.5 Å². The first-order chi connectivity index (χ1) is 13.2. The molecule has 0 atom stereocenters. The van der Waals surface area contributed by atoms with Crippen LogP contribution in [0.1, 0.15) is 5.56 Å². The molecule has 0 saturated heterocycles. The average Bonchev–Trinajstić information content (AvgIpc) is 2.62. The molecular weight excluding hydrogens is 422 g/mol. The number of alkyl halides is 3. The molecule has 0 fully saturated rings. The van der Waals surface area contributed by atoms with Crippen LogP contribution in [0.4, 0.5) is 18.9 Å². The number of anilines is 1. The smallest absolute Gasteiger partial charge is 0.493 e. The van der Waals surface area contributed by atoms with E-state index >= 15 is 0 Å². The fraction of sp³-hybridized carbons (Fsp3) is 0.167. The lowest BCUT2D eigenvalue weighted by atomic mass is 10.1. The van der Waals surface area contributed by atoms with Crippen molar-refractivity contribution in [2.45, 2.75) is 6.36 Å². The zero-order valence-electron chi connectivity index (χ0n) is 14.2. The van der Waals surface area contributed by atoms with Crippen LogP contribution in [0.3, 0.4) is 0 Å². The van der Waals surface area contributed by atoms with E-state index in [9.17, 15) is 18.0 Å². The first kappa shape index (κ1) is 20.2. The third-order valence-electron chi connectivity index (χ3n) is 3.71. The Morgan fingerprint density at radius 3 is 2.50 bits per heavy atom. The van der Waals surface area contributed by atoms with Gasteiger partial charge in [0.15, 0.2) is 11.5 Å². The van der Waals surface area contributed by atoms with Crippen molar-refractivity contribution in [3.05, 3.63) is 51.5 Å². The zero-order chi connectivity index (χ0) is 20.5. The van der Waals surface area contributed by atoms with Gasteiger partial charge in [-0.25, -0.2) is 0 Å². The summed E-state index contributed by atoms with van der Waals surface area (Å²) in [6, 6.07) is 7.02. The van der Waals surface area contributed by atoms with Gasteiger partial charge in [-0.15, -0.1) is 13.2 Å². The summed E-state index contributed by atoms with van der Waals surface area (Å²) in [5.74, 6) is -0.130. The van der Waals surface area contributed by atoms with Crippen LogP contribution in [0.15, 0.2) is 35.9 Å². The predicted molar refractivity (Wildman–Crippen MR) is 98.2 cm³/mol. The number of fused-ring (bicyclic) bond motifs is 1. The molecule has 0 radical (unpaired) electrons. The molecule has 2 aromatic carbocycles. The summed E-state index contributed by atoms with van der Waals surface area (Å²) in [5.41, 5.74) is 0.866. The molecule has 0 spiro atoms. The number of carbonyl (C=O) groups excluding carboxylic acids is 1. The Bertz CT molecular complexity index is 937. The summed E-state index contributed by atoms with van der Waals surface area (Å²) in [6.07, 6.45) is -3.28. The standard InChI is InChI=1S/C18H12Cl2F3NO4/c1-26-14-4-2-3-9-5-10(8-27-16(9)14)17(25)24-15-12(19)6-11(7-13(15)20)28-18(21,22)23/h2-7H,8H2,1H3,(H,24,25). The van der Waals surface area contributed by atoms with Gasteiger partial charge in [0.25, 0.3) is 5.91 Å². The SMILES string of the molecule is COc1cccc2c1OCC(C(=O)Nc1c(Cl)cc(OC(F)(F)F)cc1Cl)=C2. The molecular formula is C18H12Cl2F3NO4. The Morgan fingerprint density at radius 2 is 1.89 bits per heavy atom. The highest BCUT2D eigenvalue weighted by Gasteiger charge is 2.32. The molecule has 1 amide bonds. The number of amides is 1. The van der Waals surface area contributed by atoms with E-state index in [0.29, 0.717) is 17.1 Å². The largest absolute Gasteiger partial charge is 0.573 e. The first-order valence-electron chi connectivity index (χ1n) is 7.74. The maximum atomic E-state index is 12.5. The van der Waals surface area contributed by atoms with Gasteiger partial charge in [0.2, 0.25) is 0 Å². The van der Waals surface area contributed by atoms with Gasteiger partial charge in [-0.1, -0.05) is 35.3 Å². The number of nitrogens with one attached hydrogen (secondary N) is 1. The predicted octanol–water partition coefficient (Wildman–Crippen LogP) is 5.32. The topological polar surface area (TPSA) is 56.8 Å². The van der Waals surface area contributed by atoms with Crippen LogP contribution in [0.2, 0.25) is 10.0 Å². The lowest BCUT2D eigenvalue weighted by Crippen LogP contribution is -2.22. The lowest BCUT2D eigenvalue weighted by molar-refractivity contribution is -0.274. The van der Waals surface area contributed by atoms with Gasteiger partial charge >= 0.3 is 6.36 Å². The molecule has 1 N–H and O–H groups in total. The van der Waals surface area contributed by atoms with Crippen LogP contribution in [0, 0.1) is 0 Å². The van der Waals surface area contributed by atoms with Crippen molar-refractivity contribution in [2.24, 2.45) is 0 Å². The maximum absolute atomic E-state index is 12.5. The van der Waals surface area contributed by atoms with Gasteiger partial charge in [0.1, 0.15) is 12.4 Å². The number of carbonyl (C=O) groups is 1. The molecule has 3 rings (SSSR count). The van der Waals surface area contributed by atoms with Crippen molar-refractivity contribution in [1.82, 2.24) is 0 Å². The van der Waals surface area contributed by atoms with Crippen molar-refractivity contribution >= 4 is 40.9 Å². The Balaban J connectivity index is 1.82. The maximum Gasteiger partial charge on any atom is 0.573 e. The number of halogens is 5. The molecule has 0 aliphatic carbocycles. The molecule has 28 heavy (non-hydrogen) atoms. The van der Waals surface area contributed by atoms with Crippen molar-refractivity contribution in [3.63, 3.8) is 0 Å². The minimum absolute atomic E-state index is 0.0380. The summed E-state index contributed by atoms with van der Waals surface area (Å²) < 4.78 is 51.5. The average molecular weight is 434 g/mol. The number of methoxy groups -OCH3 is 1. The molecule has 148 valence electrons. The zero-order valence-corrected chi connectivity index (χ0v) is 15.7. The Labute approximate surface area is 167 Å². The van der Waals surface area contributed by atoms with E-state index in [1.165, 1.54) is 7.11 Å². The quantitative estimate of drug-likeness (QED) is 0.709. The third kappa shape index (κ3) is 4.45. The number of para-hydroxylation sites is 1. The van der Waals surface area contributed by atoms with E-state index in [-0.39, 0.29) is 27.9 Å². The molecule has 1 aliphatic rings. The summed E-state index contributed by atoms with van der Waals surface area (Å²) in [6.45, 7) is -0.0380. The van der Waals surface area contributed by atoms with Crippen LogP contribution in [-0.4, -0.2) is 26.0 Å². The van der Waals surface area contributed by atoms with E-state index in [0.717, 1.165) is 12.1 Å². The molecule has 10 heteroatoms. The minimum Gasteiger partial charge on any atom is -0.493 e. The van der Waals surface area contributed by atoms with Crippen molar-refractivity contribution in [2.75, 3.05) is 19.0 Å². The molecule has 0 unspecified atom stereocenters. The highest BCUT2D eigenvalue weighted by Crippen LogP contribution is 2.38. The second kappa shape index (κ2) is 7.81. The van der Waals surface area contributed by atoms with Crippen molar-refractivity contribution in [3.8, 4) is 17.2 Å². The molecule has 2 aromatic rings. The number of hydrogen-bond acceptors (Lipinski definition) is 4. The minimum atomic E-state index is -4.89. The Kier molecular flexibility index (Phi) is 5.62. The van der Waals surface area contributed by atoms with Crippen LogP contribution >= 0.6 is 23.2 Å². The summed E-state index contributed by atoms with van der Waals surface area (Å²) in [7, 11) is 1.50. The molecule has 1 aliphatic heterocycles. The van der Waals surface area contributed by atoms with E-state index in [4.69, 9.17) is 32.7 Å². The van der Waals surface area contributed by atoms with Gasteiger partial charge in [0, 0.05) is 17.7 Å².